The topological polar surface area (TPSA) is 32.3 Å². The van der Waals surface area contributed by atoms with Gasteiger partial charge in [0, 0.05) is 6.54 Å². The van der Waals surface area contributed by atoms with Crippen molar-refractivity contribution in [3.63, 3.8) is 0 Å². The number of rotatable bonds is 2. The largest absolute Gasteiger partial charge is 0.316 e. The Morgan fingerprint density at radius 2 is 1.94 bits per heavy atom. The van der Waals surface area contributed by atoms with E-state index in [-0.39, 0.29) is 0 Å². The van der Waals surface area contributed by atoms with Crippen LogP contribution < -0.4 is 5.48 Å². The van der Waals surface area contributed by atoms with E-state index >= 15 is 0 Å². The van der Waals surface area contributed by atoms with Crippen LogP contribution in [0.25, 0.3) is 11.1 Å². The second-order valence-corrected chi connectivity index (χ2v) is 4.54. The van der Waals surface area contributed by atoms with Crippen molar-refractivity contribution in [3.8, 4) is 11.1 Å². The van der Waals surface area contributed by atoms with Gasteiger partial charge in [0.05, 0.1) is 0 Å². The van der Waals surface area contributed by atoms with Gasteiger partial charge < -0.3 is 5.21 Å². The molecule has 0 bridgehead atoms. The highest BCUT2D eigenvalue weighted by atomic mass is 16.5. The zero-order chi connectivity index (χ0) is 11.8. The third-order valence-corrected chi connectivity index (χ3v) is 3.65. The van der Waals surface area contributed by atoms with E-state index in [1.807, 2.05) is 0 Å². The van der Waals surface area contributed by atoms with Crippen LogP contribution in [0, 0.1) is 6.92 Å². The summed E-state index contributed by atoms with van der Waals surface area (Å²) >= 11 is 0. The molecule has 2 N–H and O–H groups in total. The summed E-state index contributed by atoms with van der Waals surface area (Å²) < 4.78 is 0. The van der Waals surface area contributed by atoms with Crippen LogP contribution in [-0.4, -0.2) is 5.21 Å². The van der Waals surface area contributed by atoms with Gasteiger partial charge in [-0.15, -0.1) is 0 Å². The smallest absolute Gasteiger partial charge is 0.0460 e. The third kappa shape index (κ3) is 1.57. The van der Waals surface area contributed by atoms with Gasteiger partial charge in [0.1, 0.15) is 0 Å². The van der Waals surface area contributed by atoms with E-state index in [1.54, 1.807) is 0 Å². The fourth-order valence-corrected chi connectivity index (χ4v) is 2.69. The first-order valence-corrected chi connectivity index (χ1v) is 5.88. The van der Waals surface area contributed by atoms with Crippen molar-refractivity contribution in [2.75, 3.05) is 0 Å². The molecule has 0 unspecified atom stereocenters. The van der Waals surface area contributed by atoms with Crippen LogP contribution in [-0.2, 0) is 13.0 Å². The molecule has 0 amide bonds. The first-order chi connectivity index (χ1) is 8.31. The van der Waals surface area contributed by atoms with Gasteiger partial charge in [0.2, 0.25) is 0 Å². The summed E-state index contributed by atoms with van der Waals surface area (Å²) in [5.41, 5.74) is 10.2. The van der Waals surface area contributed by atoms with E-state index < -0.39 is 0 Å². The van der Waals surface area contributed by atoms with Crippen LogP contribution in [0.5, 0.6) is 0 Å². The van der Waals surface area contributed by atoms with Crippen LogP contribution in [0.3, 0.4) is 0 Å². The van der Waals surface area contributed by atoms with E-state index in [0.29, 0.717) is 6.54 Å². The maximum absolute atomic E-state index is 8.82. The molecule has 2 aromatic rings. The number of fused-ring (bicyclic) bond motifs is 3. The van der Waals surface area contributed by atoms with Crippen LogP contribution in [0.4, 0.5) is 0 Å². The van der Waals surface area contributed by atoms with Crippen molar-refractivity contribution in [2.45, 2.75) is 19.9 Å². The summed E-state index contributed by atoms with van der Waals surface area (Å²) in [6.07, 6.45) is 1.01. The molecule has 17 heavy (non-hydrogen) atoms. The van der Waals surface area contributed by atoms with Crippen molar-refractivity contribution in [2.24, 2.45) is 0 Å². The molecule has 86 valence electrons. The molecule has 0 saturated carbocycles. The van der Waals surface area contributed by atoms with Crippen LogP contribution >= 0.6 is 0 Å². The normalized spacial score (nSPS) is 12.4. The standard InChI is InChI=1S/C15H15NO/c1-10-12(9-16-17)6-7-14-13-5-3-2-4-11(13)8-15(10)14/h2-7,16-17H,8-9H2,1H3. The second kappa shape index (κ2) is 3.99. The first kappa shape index (κ1) is 10.5. The molecular weight excluding hydrogens is 210 g/mol. The van der Waals surface area contributed by atoms with Crippen LogP contribution in [0.2, 0.25) is 0 Å². The monoisotopic (exact) mass is 225 g/mol. The zero-order valence-electron chi connectivity index (χ0n) is 9.83. The van der Waals surface area contributed by atoms with Gasteiger partial charge in [-0.05, 0) is 46.7 Å². The minimum atomic E-state index is 0.509. The van der Waals surface area contributed by atoms with Gasteiger partial charge in [0.15, 0.2) is 0 Å². The maximum atomic E-state index is 8.82. The molecule has 0 atom stereocenters. The van der Waals surface area contributed by atoms with Crippen molar-refractivity contribution in [1.82, 2.24) is 5.48 Å². The molecule has 0 heterocycles. The maximum Gasteiger partial charge on any atom is 0.0460 e. The summed E-state index contributed by atoms with van der Waals surface area (Å²) in [6.45, 7) is 2.65. The summed E-state index contributed by atoms with van der Waals surface area (Å²) in [6, 6.07) is 12.8. The molecule has 2 aromatic carbocycles. The van der Waals surface area contributed by atoms with Crippen molar-refractivity contribution in [3.05, 3.63) is 58.7 Å². The Bertz CT molecular complexity index is 575. The van der Waals surface area contributed by atoms with Crippen LogP contribution in [0.15, 0.2) is 36.4 Å². The first-order valence-electron chi connectivity index (χ1n) is 5.88. The lowest BCUT2D eigenvalue weighted by Crippen LogP contribution is -2.08. The van der Waals surface area contributed by atoms with E-state index in [0.717, 1.165) is 6.42 Å². The molecule has 0 spiro atoms. The predicted octanol–water partition coefficient (Wildman–Crippen LogP) is 3.05. The fourth-order valence-electron chi connectivity index (χ4n) is 2.69. The Hall–Kier alpha value is -1.64. The van der Waals surface area contributed by atoms with Crippen LogP contribution in [0.1, 0.15) is 22.3 Å². The summed E-state index contributed by atoms with van der Waals surface area (Å²) in [5, 5.41) is 8.82. The number of hydrogen-bond donors (Lipinski definition) is 2. The number of benzene rings is 2. The van der Waals surface area contributed by atoms with E-state index in [1.165, 1.54) is 33.4 Å². The minimum Gasteiger partial charge on any atom is -0.316 e. The minimum absolute atomic E-state index is 0.509. The SMILES string of the molecule is Cc1c(CNO)ccc2c1Cc1ccccc1-2. The lowest BCUT2D eigenvalue weighted by Gasteiger charge is -2.10. The molecule has 0 radical (unpaired) electrons. The van der Waals surface area contributed by atoms with Gasteiger partial charge in [-0.2, -0.15) is 0 Å². The second-order valence-electron chi connectivity index (χ2n) is 4.54. The Balaban J connectivity index is 2.15. The highest BCUT2D eigenvalue weighted by Gasteiger charge is 2.20. The van der Waals surface area contributed by atoms with E-state index in [2.05, 4.69) is 48.8 Å². The Morgan fingerprint density at radius 1 is 1.12 bits per heavy atom. The zero-order valence-corrected chi connectivity index (χ0v) is 9.83. The molecule has 2 heteroatoms. The molecule has 0 aromatic heterocycles. The summed E-state index contributed by atoms with van der Waals surface area (Å²) in [7, 11) is 0. The van der Waals surface area contributed by atoms with Gasteiger partial charge in [0.25, 0.3) is 0 Å². The third-order valence-electron chi connectivity index (χ3n) is 3.65. The molecule has 3 rings (SSSR count). The van der Waals surface area contributed by atoms with Crippen molar-refractivity contribution >= 4 is 0 Å². The van der Waals surface area contributed by atoms with Crippen molar-refractivity contribution in [1.29, 1.82) is 0 Å². The molecule has 1 aliphatic carbocycles. The molecule has 0 saturated heterocycles. The fraction of sp³-hybridized carbons (Fsp3) is 0.200. The van der Waals surface area contributed by atoms with Gasteiger partial charge in [-0.25, -0.2) is 5.48 Å². The molecule has 0 aliphatic heterocycles. The summed E-state index contributed by atoms with van der Waals surface area (Å²) in [5.74, 6) is 0. The molecule has 1 aliphatic rings. The van der Waals surface area contributed by atoms with E-state index in [4.69, 9.17) is 5.21 Å². The quantitative estimate of drug-likeness (QED) is 0.657. The number of hydroxylamine groups is 1. The Labute approximate surface area is 101 Å². The van der Waals surface area contributed by atoms with Gasteiger partial charge in [-0.1, -0.05) is 36.4 Å². The Kier molecular flexibility index (Phi) is 2.46. The molecule has 2 nitrogen and oxygen atoms in total. The van der Waals surface area contributed by atoms with E-state index in [9.17, 15) is 0 Å². The Morgan fingerprint density at radius 3 is 2.76 bits per heavy atom. The summed E-state index contributed by atoms with van der Waals surface area (Å²) in [4.78, 5) is 0. The lowest BCUT2D eigenvalue weighted by atomic mass is 9.97. The average molecular weight is 225 g/mol. The predicted molar refractivity (Wildman–Crippen MR) is 68.0 cm³/mol. The molecular formula is C15H15NO. The lowest BCUT2D eigenvalue weighted by molar-refractivity contribution is 0.161. The average Bonchev–Trinajstić information content (AvgIpc) is 2.73. The number of nitrogens with one attached hydrogen (secondary N) is 1. The van der Waals surface area contributed by atoms with Crippen molar-refractivity contribution < 1.29 is 5.21 Å². The van der Waals surface area contributed by atoms with Gasteiger partial charge in [-0.3, -0.25) is 0 Å². The highest BCUT2D eigenvalue weighted by molar-refractivity contribution is 5.78. The number of hydrogen-bond acceptors (Lipinski definition) is 2. The molecule has 0 fully saturated rings. The highest BCUT2D eigenvalue weighted by Crippen LogP contribution is 2.38. The van der Waals surface area contributed by atoms with Gasteiger partial charge >= 0.3 is 0 Å².